The van der Waals surface area contributed by atoms with Crippen LogP contribution in [0.2, 0.25) is 0 Å². The second kappa shape index (κ2) is 10.6. The summed E-state index contributed by atoms with van der Waals surface area (Å²) in [5, 5.41) is 15.8. The number of aliphatic hydroxyl groups excluding tert-OH is 1. The Morgan fingerprint density at radius 1 is 1.44 bits per heavy atom. The third-order valence-corrected chi connectivity index (χ3v) is 0.357. The third kappa shape index (κ3) is 18.3. The van der Waals surface area contributed by atoms with Crippen LogP contribution in [0, 0.1) is 0 Å². The quantitative estimate of drug-likeness (QED) is 0.436. The number of carboxylic acid groups (broad SMARTS) is 1. The number of hydrogen-bond donors (Lipinski definition) is 4. The van der Waals surface area contributed by atoms with Crippen LogP contribution in [-0.4, -0.2) is 22.3 Å². The zero-order valence-corrected chi connectivity index (χ0v) is 6.02. The standard InChI is InChI=1S/C3H6O3.ClH.2H3N/c1-2(4)3(5)6;;;/h2,4H,1H3,(H,5,6);1H;2*1H3. The van der Waals surface area contributed by atoms with Gasteiger partial charge in [-0.05, 0) is 6.92 Å². The zero-order chi connectivity index (χ0) is 5.15. The van der Waals surface area contributed by atoms with Crippen molar-refractivity contribution in [2.75, 3.05) is 0 Å². The Bertz CT molecular complexity index is 68.1. The van der Waals surface area contributed by atoms with Crippen LogP contribution in [0.4, 0.5) is 0 Å². The van der Waals surface area contributed by atoms with E-state index in [4.69, 9.17) is 10.2 Å². The Morgan fingerprint density at radius 2 is 1.56 bits per heavy atom. The largest absolute Gasteiger partial charge is 0.479 e. The molecule has 0 saturated heterocycles. The van der Waals surface area contributed by atoms with Crippen LogP contribution in [0.1, 0.15) is 6.92 Å². The van der Waals surface area contributed by atoms with Gasteiger partial charge in [0.25, 0.3) is 0 Å². The average Bonchev–Trinajstić information content (AvgIpc) is 1.36. The summed E-state index contributed by atoms with van der Waals surface area (Å²) >= 11 is 0. The number of halogens is 1. The molecule has 1 atom stereocenters. The van der Waals surface area contributed by atoms with E-state index in [1.807, 2.05) is 0 Å². The van der Waals surface area contributed by atoms with Gasteiger partial charge in [-0.1, -0.05) is 0 Å². The van der Waals surface area contributed by atoms with Gasteiger partial charge in [0.2, 0.25) is 0 Å². The van der Waals surface area contributed by atoms with E-state index >= 15 is 0 Å². The molecule has 1 unspecified atom stereocenters. The van der Waals surface area contributed by atoms with E-state index in [1.165, 1.54) is 6.92 Å². The van der Waals surface area contributed by atoms with Crippen LogP contribution in [0.5, 0.6) is 0 Å². The minimum Gasteiger partial charge on any atom is -0.479 e. The van der Waals surface area contributed by atoms with Crippen molar-refractivity contribution in [1.29, 1.82) is 0 Å². The van der Waals surface area contributed by atoms with Crippen molar-refractivity contribution in [3.8, 4) is 0 Å². The molecule has 60 valence electrons. The molecular weight excluding hydrogens is 147 g/mol. The summed E-state index contributed by atoms with van der Waals surface area (Å²) in [7, 11) is 0. The van der Waals surface area contributed by atoms with Crippen LogP contribution in [0.3, 0.4) is 0 Å². The van der Waals surface area contributed by atoms with E-state index in [9.17, 15) is 4.79 Å². The first kappa shape index (κ1) is 23.4. The molecular formula is C3H13ClN2O3. The maximum absolute atomic E-state index is 9.45. The highest BCUT2D eigenvalue weighted by molar-refractivity contribution is 5.85. The van der Waals surface area contributed by atoms with Gasteiger partial charge in [0.15, 0.2) is 0 Å². The SMILES string of the molecule is CC(O)C(=O)O.Cl.N.N. The summed E-state index contributed by atoms with van der Waals surface area (Å²) in [6, 6.07) is 0. The van der Waals surface area contributed by atoms with Crippen molar-refractivity contribution < 1.29 is 15.0 Å². The van der Waals surface area contributed by atoms with Gasteiger partial charge in [0.05, 0.1) is 0 Å². The van der Waals surface area contributed by atoms with Gasteiger partial charge in [-0.15, -0.1) is 12.4 Å². The number of aliphatic hydroxyl groups is 1. The van der Waals surface area contributed by atoms with Gasteiger partial charge < -0.3 is 22.5 Å². The van der Waals surface area contributed by atoms with Crippen LogP contribution in [0.15, 0.2) is 0 Å². The lowest BCUT2D eigenvalue weighted by Crippen LogP contribution is -2.13. The van der Waals surface area contributed by atoms with Crippen molar-refractivity contribution in [3.63, 3.8) is 0 Å². The molecule has 0 aromatic carbocycles. The second-order valence-electron chi connectivity index (χ2n) is 1.01. The predicted molar refractivity (Wildman–Crippen MR) is 36.6 cm³/mol. The summed E-state index contributed by atoms with van der Waals surface area (Å²) in [5.74, 6) is -1.19. The van der Waals surface area contributed by atoms with Crippen molar-refractivity contribution in [2.45, 2.75) is 13.0 Å². The number of aliphatic carboxylic acids is 1. The van der Waals surface area contributed by atoms with E-state index in [0.717, 1.165) is 0 Å². The topological polar surface area (TPSA) is 128 Å². The van der Waals surface area contributed by atoms with E-state index in [1.54, 1.807) is 0 Å². The molecule has 0 aliphatic rings. The molecule has 0 rings (SSSR count). The summed E-state index contributed by atoms with van der Waals surface area (Å²) in [6.07, 6.45) is -1.23. The Morgan fingerprint density at radius 3 is 1.56 bits per heavy atom. The first-order chi connectivity index (χ1) is 2.64. The fraction of sp³-hybridized carbons (Fsp3) is 0.667. The second-order valence-corrected chi connectivity index (χ2v) is 1.01. The van der Waals surface area contributed by atoms with Crippen molar-refractivity contribution in [1.82, 2.24) is 12.3 Å². The molecule has 0 spiro atoms. The minimum atomic E-state index is -1.23. The van der Waals surface area contributed by atoms with Gasteiger partial charge in [0, 0.05) is 0 Å². The number of hydrogen-bond acceptors (Lipinski definition) is 4. The molecule has 8 N–H and O–H groups in total. The lowest BCUT2D eigenvalue weighted by atomic mass is 10.4. The van der Waals surface area contributed by atoms with Crippen molar-refractivity contribution in [2.24, 2.45) is 0 Å². The third-order valence-electron chi connectivity index (χ3n) is 0.357. The summed E-state index contributed by atoms with van der Waals surface area (Å²) < 4.78 is 0. The first-order valence-corrected chi connectivity index (χ1v) is 1.55. The van der Waals surface area contributed by atoms with E-state index < -0.39 is 12.1 Å². The monoisotopic (exact) mass is 160 g/mol. The molecule has 0 aliphatic heterocycles. The van der Waals surface area contributed by atoms with Crippen LogP contribution in [0.25, 0.3) is 0 Å². The molecule has 0 bridgehead atoms. The average molecular weight is 161 g/mol. The Labute approximate surface area is 59.6 Å². The summed E-state index contributed by atoms with van der Waals surface area (Å²) in [5.41, 5.74) is 0. The van der Waals surface area contributed by atoms with Gasteiger partial charge in [-0.2, -0.15) is 0 Å². The van der Waals surface area contributed by atoms with Crippen LogP contribution >= 0.6 is 12.4 Å². The Balaban J connectivity index is -0.0000000417. The number of carbonyl (C=O) groups is 1. The summed E-state index contributed by atoms with van der Waals surface area (Å²) in [4.78, 5) is 9.45. The highest BCUT2D eigenvalue weighted by atomic mass is 35.5. The molecule has 0 saturated carbocycles. The highest BCUT2D eigenvalue weighted by Crippen LogP contribution is 1.73. The van der Waals surface area contributed by atoms with Gasteiger partial charge >= 0.3 is 5.97 Å². The van der Waals surface area contributed by atoms with Gasteiger partial charge in [-0.3, -0.25) is 0 Å². The molecule has 0 aliphatic carbocycles. The number of rotatable bonds is 1. The predicted octanol–water partition coefficient (Wildman–Crippen LogP) is 0.198. The first-order valence-electron chi connectivity index (χ1n) is 1.55. The minimum absolute atomic E-state index is 0. The van der Waals surface area contributed by atoms with Crippen LogP contribution in [-0.2, 0) is 4.79 Å². The van der Waals surface area contributed by atoms with Crippen molar-refractivity contribution >= 4 is 18.4 Å². The van der Waals surface area contributed by atoms with Crippen molar-refractivity contribution in [3.05, 3.63) is 0 Å². The molecule has 5 nitrogen and oxygen atoms in total. The lowest BCUT2D eigenvalue weighted by Gasteiger charge is -1.89. The Kier molecular flexibility index (Phi) is 27.6. The normalized spacial score (nSPS) is 9.11. The highest BCUT2D eigenvalue weighted by Gasteiger charge is 2.01. The van der Waals surface area contributed by atoms with E-state index in [0.29, 0.717) is 0 Å². The molecule has 0 amide bonds. The fourth-order valence-corrected chi connectivity index (χ4v) is 0. The zero-order valence-electron chi connectivity index (χ0n) is 5.20. The fourth-order valence-electron chi connectivity index (χ4n) is 0. The smallest absolute Gasteiger partial charge is 0.332 e. The van der Waals surface area contributed by atoms with Crippen LogP contribution < -0.4 is 12.3 Å². The van der Waals surface area contributed by atoms with E-state index in [-0.39, 0.29) is 24.7 Å². The molecule has 0 radical (unpaired) electrons. The lowest BCUT2D eigenvalue weighted by molar-refractivity contribution is -0.145. The molecule has 9 heavy (non-hydrogen) atoms. The molecule has 6 heteroatoms. The molecule has 0 aromatic rings. The summed E-state index contributed by atoms with van der Waals surface area (Å²) in [6.45, 7) is 1.20. The Hall–Kier alpha value is -0.360. The maximum atomic E-state index is 9.45. The van der Waals surface area contributed by atoms with E-state index in [2.05, 4.69) is 0 Å². The maximum Gasteiger partial charge on any atom is 0.332 e. The van der Waals surface area contributed by atoms with Gasteiger partial charge in [0.1, 0.15) is 6.10 Å². The number of carboxylic acids is 1. The molecule has 0 heterocycles. The molecule has 0 fully saturated rings. The van der Waals surface area contributed by atoms with Gasteiger partial charge in [-0.25, -0.2) is 4.79 Å². The molecule has 0 aromatic heterocycles.